The largest absolute Gasteiger partial charge is 0.353 e. The number of carbonyl (C=O) groups is 1. The van der Waals surface area contributed by atoms with Crippen molar-refractivity contribution in [3.05, 3.63) is 0 Å². The fraction of sp³-hybridized carbons (Fsp3) is 0.923. The third-order valence-electron chi connectivity index (χ3n) is 3.77. The number of hydrogen-bond donors (Lipinski definition) is 2. The van der Waals surface area contributed by atoms with Crippen molar-refractivity contribution in [2.24, 2.45) is 5.92 Å². The average molecular weight is 224 g/mol. The van der Waals surface area contributed by atoms with Crippen molar-refractivity contribution in [1.82, 2.24) is 10.6 Å². The van der Waals surface area contributed by atoms with Gasteiger partial charge in [0, 0.05) is 18.5 Å². The van der Waals surface area contributed by atoms with E-state index in [0.29, 0.717) is 18.5 Å². The Morgan fingerprint density at radius 2 is 2.25 bits per heavy atom. The van der Waals surface area contributed by atoms with Gasteiger partial charge in [-0.25, -0.2) is 0 Å². The van der Waals surface area contributed by atoms with Gasteiger partial charge in [-0.15, -0.1) is 0 Å². The molecule has 16 heavy (non-hydrogen) atoms. The molecule has 1 amide bonds. The van der Waals surface area contributed by atoms with Gasteiger partial charge >= 0.3 is 0 Å². The lowest BCUT2D eigenvalue weighted by Gasteiger charge is -2.18. The molecule has 3 nitrogen and oxygen atoms in total. The van der Waals surface area contributed by atoms with Gasteiger partial charge in [0.05, 0.1) is 0 Å². The molecule has 2 atom stereocenters. The SMILES string of the molecule is CCC(CC1CC1)NC(=O)CC1CCCN1. The zero-order valence-corrected chi connectivity index (χ0v) is 10.3. The number of amides is 1. The topological polar surface area (TPSA) is 41.1 Å². The van der Waals surface area contributed by atoms with E-state index in [1.165, 1.54) is 25.7 Å². The van der Waals surface area contributed by atoms with Crippen LogP contribution in [0.5, 0.6) is 0 Å². The first-order chi connectivity index (χ1) is 7.78. The van der Waals surface area contributed by atoms with E-state index in [2.05, 4.69) is 17.6 Å². The molecule has 1 heterocycles. The van der Waals surface area contributed by atoms with Crippen molar-refractivity contribution in [1.29, 1.82) is 0 Å². The van der Waals surface area contributed by atoms with Gasteiger partial charge in [0.2, 0.25) is 5.91 Å². The second-order valence-corrected chi connectivity index (χ2v) is 5.35. The van der Waals surface area contributed by atoms with E-state index in [1.54, 1.807) is 0 Å². The summed E-state index contributed by atoms with van der Waals surface area (Å²) in [5, 5.41) is 6.56. The van der Waals surface area contributed by atoms with Crippen LogP contribution < -0.4 is 10.6 Å². The minimum Gasteiger partial charge on any atom is -0.353 e. The summed E-state index contributed by atoms with van der Waals surface area (Å²) in [5.41, 5.74) is 0. The van der Waals surface area contributed by atoms with E-state index in [-0.39, 0.29) is 5.91 Å². The van der Waals surface area contributed by atoms with Gasteiger partial charge in [0.1, 0.15) is 0 Å². The Bertz CT molecular complexity index is 232. The van der Waals surface area contributed by atoms with Gasteiger partial charge in [-0.05, 0) is 38.1 Å². The molecule has 1 aliphatic carbocycles. The van der Waals surface area contributed by atoms with Crippen LogP contribution in [0.15, 0.2) is 0 Å². The second-order valence-electron chi connectivity index (χ2n) is 5.35. The smallest absolute Gasteiger partial charge is 0.221 e. The second kappa shape index (κ2) is 5.67. The summed E-state index contributed by atoms with van der Waals surface area (Å²) < 4.78 is 0. The van der Waals surface area contributed by atoms with Crippen molar-refractivity contribution >= 4 is 5.91 Å². The summed E-state index contributed by atoms with van der Waals surface area (Å²) in [6, 6.07) is 0.847. The van der Waals surface area contributed by atoms with E-state index in [9.17, 15) is 4.79 Å². The zero-order valence-electron chi connectivity index (χ0n) is 10.3. The molecule has 2 fully saturated rings. The highest BCUT2D eigenvalue weighted by Crippen LogP contribution is 2.34. The van der Waals surface area contributed by atoms with Crippen LogP contribution in [0.1, 0.15) is 51.9 Å². The molecule has 0 bridgehead atoms. The third kappa shape index (κ3) is 3.78. The Balaban J connectivity index is 1.66. The van der Waals surface area contributed by atoms with Crippen LogP contribution >= 0.6 is 0 Å². The molecule has 0 spiro atoms. The molecular formula is C13H24N2O. The van der Waals surface area contributed by atoms with Gasteiger partial charge in [-0.2, -0.15) is 0 Å². The standard InChI is InChI=1S/C13H24N2O/c1-2-11(8-10-5-6-10)15-13(16)9-12-4-3-7-14-12/h10-12,14H,2-9H2,1H3,(H,15,16). The molecule has 0 aromatic carbocycles. The highest BCUT2D eigenvalue weighted by molar-refractivity contribution is 5.76. The third-order valence-corrected chi connectivity index (χ3v) is 3.77. The molecule has 1 aliphatic heterocycles. The highest BCUT2D eigenvalue weighted by atomic mass is 16.1. The van der Waals surface area contributed by atoms with Crippen molar-refractivity contribution in [2.75, 3.05) is 6.54 Å². The number of rotatable bonds is 6. The summed E-state index contributed by atoms with van der Waals surface area (Å²) in [6.07, 6.45) is 8.05. The highest BCUT2D eigenvalue weighted by Gasteiger charge is 2.26. The quantitative estimate of drug-likeness (QED) is 0.722. The lowest BCUT2D eigenvalue weighted by molar-refractivity contribution is -0.122. The molecule has 2 N–H and O–H groups in total. The lowest BCUT2D eigenvalue weighted by atomic mass is 10.1. The van der Waals surface area contributed by atoms with Crippen LogP contribution in [0, 0.1) is 5.92 Å². The van der Waals surface area contributed by atoms with Gasteiger partial charge in [-0.1, -0.05) is 19.8 Å². The molecule has 2 aliphatic rings. The lowest BCUT2D eigenvalue weighted by Crippen LogP contribution is -2.38. The van der Waals surface area contributed by atoms with Gasteiger partial charge in [-0.3, -0.25) is 4.79 Å². The fourth-order valence-corrected chi connectivity index (χ4v) is 2.52. The van der Waals surface area contributed by atoms with E-state index in [4.69, 9.17) is 0 Å². The monoisotopic (exact) mass is 224 g/mol. The van der Waals surface area contributed by atoms with Gasteiger partial charge in [0.25, 0.3) is 0 Å². The molecular weight excluding hydrogens is 200 g/mol. The zero-order chi connectivity index (χ0) is 11.4. The summed E-state index contributed by atoms with van der Waals surface area (Å²) in [7, 11) is 0. The van der Waals surface area contributed by atoms with E-state index < -0.39 is 0 Å². The van der Waals surface area contributed by atoms with Crippen molar-refractivity contribution in [3.63, 3.8) is 0 Å². The molecule has 92 valence electrons. The number of nitrogens with one attached hydrogen (secondary N) is 2. The molecule has 1 saturated heterocycles. The molecule has 2 rings (SSSR count). The predicted octanol–water partition coefficient (Wildman–Crippen LogP) is 1.82. The summed E-state index contributed by atoms with van der Waals surface area (Å²) in [4.78, 5) is 11.8. The molecule has 0 radical (unpaired) electrons. The average Bonchev–Trinajstić information content (AvgIpc) is 2.93. The maximum atomic E-state index is 11.8. The van der Waals surface area contributed by atoms with E-state index >= 15 is 0 Å². The van der Waals surface area contributed by atoms with E-state index in [1.807, 2.05) is 0 Å². The Hall–Kier alpha value is -0.570. The predicted molar refractivity (Wildman–Crippen MR) is 65.2 cm³/mol. The fourth-order valence-electron chi connectivity index (χ4n) is 2.52. The van der Waals surface area contributed by atoms with Gasteiger partial charge < -0.3 is 10.6 Å². The summed E-state index contributed by atoms with van der Waals surface area (Å²) >= 11 is 0. The summed E-state index contributed by atoms with van der Waals surface area (Å²) in [6.45, 7) is 3.25. The Labute approximate surface area is 98.4 Å². The molecule has 1 saturated carbocycles. The van der Waals surface area contributed by atoms with Crippen LogP contribution in [0.3, 0.4) is 0 Å². The number of hydrogen-bond acceptors (Lipinski definition) is 2. The first-order valence-corrected chi connectivity index (χ1v) is 6.80. The Kier molecular flexibility index (Phi) is 4.22. The maximum absolute atomic E-state index is 11.8. The van der Waals surface area contributed by atoms with Gasteiger partial charge in [0.15, 0.2) is 0 Å². The van der Waals surface area contributed by atoms with Crippen molar-refractivity contribution in [3.8, 4) is 0 Å². The molecule has 3 heteroatoms. The Morgan fingerprint density at radius 3 is 2.81 bits per heavy atom. The maximum Gasteiger partial charge on any atom is 0.221 e. The number of carbonyl (C=O) groups excluding carboxylic acids is 1. The van der Waals surface area contributed by atoms with Crippen molar-refractivity contribution in [2.45, 2.75) is 64.0 Å². The molecule has 0 aromatic heterocycles. The van der Waals surface area contributed by atoms with Crippen LogP contribution in [0.4, 0.5) is 0 Å². The first-order valence-electron chi connectivity index (χ1n) is 6.80. The minimum atomic E-state index is 0.243. The van der Waals surface area contributed by atoms with Crippen LogP contribution in [-0.2, 0) is 4.79 Å². The normalized spacial score (nSPS) is 26.7. The minimum absolute atomic E-state index is 0.243. The van der Waals surface area contributed by atoms with E-state index in [0.717, 1.165) is 25.3 Å². The van der Waals surface area contributed by atoms with Crippen LogP contribution in [-0.4, -0.2) is 24.5 Å². The van der Waals surface area contributed by atoms with Crippen LogP contribution in [0.25, 0.3) is 0 Å². The molecule has 2 unspecified atom stereocenters. The summed E-state index contributed by atoms with van der Waals surface area (Å²) in [5.74, 6) is 1.14. The van der Waals surface area contributed by atoms with Crippen LogP contribution in [0.2, 0.25) is 0 Å². The van der Waals surface area contributed by atoms with Crippen molar-refractivity contribution < 1.29 is 4.79 Å². The Morgan fingerprint density at radius 1 is 1.44 bits per heavy atom. The molecule has 0 aromatic rings. The first kappa shape index (κ1) is 11.9.